The molecule has 0 spiro atoms. The Morgan fingerprint density at radius 3 is 3.00 bits per heavy atom. The van der Waals surface area contributed by atoms with E-state index < -0.39 is 5.97 Å². The van der Waals surface area contributed by atoms with Crippen molar-refractivity contribution >= 4 is 11.8 Å². The molecule has 5 nitrogen and oxygen atoms in total. The predicted molar refractivity (Wildman–Crippen MR) is 63.6 cm³/mol. The average molecular weight is 234 g/mol. The summed E-state index contributed by atoms with van der Waals surface area (Å²) < 4.78 is 5.26. The van der Waals surface area contributed by atoms with Crippen LogP contribution in [0.2, 0.25) is 0 Å². The van der Waals surface area contributed by atoms with Gasteiger partial charge in [0.1, 0.15) is 18.1 Å². The van der Waals surface area contributed by atoms with Crippen LogP contribution >= 0.6 is 0 Å². The van der Waals surface area contributed by atoms with Crippen molar-refractivity contribution in [3.63, 3.8) is 0 Å². The molecule has 0 atom stereocenters. The quantitative estimate of drug-likeness (QED) is 0.838. The summed E-state index contributed by atoms with van der Waals surface area (Å²) in [4.78, 5) is 16.9. The fraction of sp³-hybridized carbons (Fsp3) is 0.333. The Labute approximate surface area is 99.3 Å². The number of amidine groups is 1. The van der Waals surface area contributed by atoms with Crippen LogP contribution < -0.4 is 4.74 Å². The van der Waals surface area contributed by atoms with E-state index in [1.807, 2.05) is 24.3 Å². The lowest BCUT2D eigenvalue weighted by Crippen LogP contribution is -2.33. The molecular weight excluding hydrogens is 220 g/mol. The van der Waals surface area contributed by atoms with Gasteiger partial charge in [-0.1, -0.05) is 12.1 Å². The van der Waals surface area contributed by atoms with Gasteiger partial charge in [0.15, 0.2) is 0 Å². The maximum atomic E-state index is 10.8. The zero-order chi connectivity index (χ0) is 12.3. The average Bonchev–Trinajstić information content (AvgIpc) is 2.76. The highest BCUT2D eigenvalue weighted by atomic mass is 16.5. The third kappa shape index (κ3) is 2.38. The lowest BCUT2D eigenvalue weighted by atomic mass is 10.1. The first-order valence-corrected chi connectivity index (χ1v) is 5.37. The number of carbonyl (C=O) groups is 1. The number of carboxylic acid groups (broad SMARTS) is 1. The van der Waals surface area contributed by atoms with Crippen LogP contribution in [0.25, 0.3) is 0 Å². The molecule has 1 aliphatic heterocycles. The molecule has 0 bridgehead atoms. The molecule has 0 radical (unpaired) electrons. The van der Waals surface area contributed by atoms with E-state index in [1.165, 1.54) is 0 Å². The van der Waals surface area contributed by atoms with Gasteiger partial charge >= 0.3 is 5.97 Å². The molecule has 1 aliphatic rings. The molecule has 90 valence electrons. The van der Waals surface area contributed by atoms with Gasteiger partial charge in [0.05, 0.1) is 19.2 Å². The summed E-state index contributed by atoms with van der Waals surface area (Å²) in [6.45, 7) is 1.23. The standard InChI is InChI=1S/C12H14N2O3/c1-17-10-5-3-2-4-9(10)12-13-6-7-14(12)8-11(15)16/h2-5H,6-8H2,1H3,(H,15,16). The molecule has 1 heterocycles. The summed E-state index contributed by atoms with van der Waals surface area (Å²) in [6.07, 6.45) is 0. The van der Waals surface area contributed by atoms with Crippen LogP contribution in [0, 0.1) is 0 Å². The minimum absolute atomic E-state index is 0.0309. The lowest BCUT2D eigenvalue weighted by Gasteiger charge is -2.19. The number of hydrogen-bond donors (Lipinski definition) is 1. The first-order valence-electron chi connectivity index (χ1n) is 5.37. The van der Waals surface area contributed by atoms with Gasteiger partial charge < -0.3 is 14.7 Å². The van der Waals surface area contributed by atoms with Gasteiger partial charge in [-0.05, 0) is 12.1 Å². The lowest BCUT2D eigenvalue weighted by molar-refractivity contribution is -0.137. The summed E-state index contributed by atoms with van der Waals surface area (Å²) in [5.74, 6) is 0.558. The topological polar surface area (TPSA) is 62.1 Å². The fourth-order valence-electron chi connectivity index (χ4n) is 1.88. The van der Waals surface area contributed by atoms with Crippen molar-refractivity contribution in [3.05, 3.63) is 29.8 Å². The molecule has 1 N–H and O–H groups in total. The summed E-state index contributed by atoms with van der Waals surface area (Å²) >= 11 is 0. The smallest absolute Gasteiger partial charge is 0.323 e. The highest BCUT2D eigenvalue weighted by Crippen LogP contribution is 2.21. The molecule has 1 aromatic rings. The van der Waals surface area contributed by atoms with E-state index in [-0.39, 0.29) is 6.54 Å². The highest BCUT2D eigenvalue weighted by Gasteiger charge is 2.22. The van der Waals surface area contributed by atoms with E-state index >= 15 is 0 Å². The Morgan fingerprint density at radius 1 is 1.53 bits per heavy atom. The molecule has 5 heteroatoms. The largest absolute Gasteiger partial charge is 0.496 e. The van der Waals surface area contributed by atoms with Crippen LogP contribution in [0.3, 0.4) is 0 Å². The number of aliphatic carboxylic acids is 1. The van der Waals surface area contributed by atoms with Gasteiger partial charge in [-0.3, -0.25) is 9.79 Å². The van der Waals surface area contributed by atoms with Gasteiger partial charge in [0.2, 0.25) is 0 Å². The van der Waals surface area contributed by atoms with Crippen LogP contribution in [0.5, 0.6) is 5.75 Å². The Bertz CT molecular complexity index is 457. The number of rotatable bonds is 4. The van der Waals surface area contributed by atoms with Gasteiger partial charge in [0.25, 0.3) is 0 Å². The van der Waals surface area contributed by atoms with E-state index in [9.17, 15) is 4.79 Å². The Kier molecular flexibility index (Phi) is 3.27. The number of ether oxygens (including phenoxy) is 1. The molecule has 1 aromatic carbocycles. The molecule has 0 amide bonds. The van der Waals surface area contributed by atoms with Crippen molar-refractivity contribution in [1.82, 2.24) is 4.90 Å². The summed E-state index contributed by atoms with van der Waals surface area (Å²) in [7, 11) is 1.59. The number of hydrogen-bond acceptors (Lipinski definition) is 4. The minimum Gasteiger partial charge on any atom is -0.496 e. The first kappa shape index (κ1) is 11.4. The molecule has 2 rings (SSSR count). The molecule has 0 aromatic heterocycles. The van der Waals surface area contributed by atoms with Crippen LogP contribution in [0.15, 0.2) is 29.3 Å². The molecule has 0 saturated heterocycles. The highest BCUT2D eigenvalue weighted by molar-refractivity contribution is 6.03. The SMILES string of the molecule is COc1ccccc1C1=NCCN1CC(=O)O. The number of aliphatic imine (C=N–C) groups is 1. The third-order valence-corrected chi connectivity index (χ3v) is 2.61. The zero-order valence-corrected chi connectivity index (χ0v) is 9.59. The second-order valence-electron chi connectivity index (χ2n) is 3.72. The Balaban J connectivity index is 2.29. The summed E-state index contributed by atoms with van der Waals surface area (Å²) in [6, 6.07) is 7.49. The summed E-state index contributed by atoms with van der Waals surface area (Å²) in [5.41, 5.74) is 0.841. The van der Waals surface area contributed by atoms with E-state index in [0.717, 1.165) is 5.56 Å². The van der Waals surface area contributed by atoms with Gasteiger partial charge in [-0.2, -0.15) is 0 Å². The molecule has 0 aliphatic carbocycles. The van der Waals surface area contributed by atoms with Crippen LogP contribution in [-0.4, -0.2) is 48.6 Å². The molecule has 17 heavy (non-hydrogen) atoms. The maximum absolute atomic E-state index is 10.8. The number of methoxy groups -OCH3 is 1. The second-order valence-corrected chi connectivity index (χ2v) is 3.72. The van der Waals surface area contributed by atoms with Crippen molar-refractivity contribution in [1.29, 1.82) is 0 Å². The van der Waals surface area contributed by atoms with E-state index in [2.05, 4.69) is 4.99 Å². The minimum atomic E-state index is -0.852. The van der Waals surface area contributed by atoms with E-state index in [1.54, 1.807) is 12.0 Å². The van der Waals surface area contributed by atoms with E-state index in [0.29, 0.717) is 24.7 Å². The van der Waals surface area contributed by atoms with E-state index in [4.69, 9.17) is 9.84 Å². The summed E-state index contributed by atoms with van der Waals surface area (Å²) in [5, 5.41) is 8.84. The van der Waals surface area contributed by atoms with Gasteiger partial charge in [0, 0.05) is 6.54 Å². The van der Waals surface area contributed by atoms with Crippen molar-refractivity contribution in [3.8, 4) is 5.75 Å². The molecular formula is C12H14N2O3. The number of carboxylic acids is 1. The number of benzene rings is 1. The van der Waals surface area contributed by atoms with Crippen molar-refractivity contribution < 1.29 is 14.6 Å². The first-order chi connectivity index (χ1) is 8.22. The Hall–Kier alpha value is -2.04. The van der Waals surface area contributed by atoms with Crippen molar-refractivity contribution in [2.75, 3.05) is 26.7 Å². The molecule has 0 fully saturated rings. The molecule has 0 saturated carbocycles. The predicted octanol–water partition coefficient (Wildman–Crippen LogP) is 0.842. The fourth-order valence-corrected chi connectivity index (χ4v) is 1.88. The van der Waals surface area contributed by atoms with Gasteiger partial charge in [-0.15, -0.1) is 0 Å². The maximum Gasteiger partial charge on any atom is 0.323 e. The van der Waals surface area contributed by atoms with Crippen LogP contribution in [0.4, 0.5) is 0 Å². The zero-order valence-electron chi connectivity index (χ0n) is 9.59. The third-order valence-electron chi connectivity index (χ3n) is 2.61. The number of nitrogens with zero attached hydrogens (tertiary/aromatic N) is 2. The molecule has 0 unspecified atom stereocenters. The second kappa shape index (κ2) is 4.86. The monoisotopic (exact) mass is 234 g/mol. The number of para-hydroxylation sites is 1. The van der Waals surface area contributed by atoms with Crippen molar-refractivity contribution in [2.24, 2.45) is 4.99 Å². The van der Waals surface area contributed by atoms with Gasteiger partial charge in [-0.25, -0.2) is 0 Å². The van der Waals surface area contributed by atoms with Crippen LogP contribution in [0.1, 0.15) is 5.56 Å². The van der Waals surface area contributed by atoms with Crippen LogP contribution in [-0.2, 0) is 4.79 Å². The normalized spacial score (nSPS) is 14.6. The van der Waals surface area contributed by atoms with Crippen molar-refractivity contribution in [2.45, 2.75) is 0 Å². The Morgan fingerprint density at radius 2 is 2.29 bits per heavy atom.